The van der Waals surface area contributed by atoms with Crippen molar-refractivity contribution in [1.82, 2.24) is 14.7 Å². The second-order valence-corrected chi connectivity index (χ2v) is 8.98. The number of rotatable bonds is 8. The Hall–Kier alpha value is -3.71. The maximum absolute atomic E-state index is 12.9. The number of amides is 1. The first-order valence-electron chi connectivity index (χ1n) is 11.4. The fraction of sp³-hybridized carbons (Fsp3) is 0.179. The Morgan fingerprint density at radius 1 is 0.971 bits per heavy atom. The molecule has 35 heavy (non-hydrogen) atoms. The van der Waals surface area contributed by atoms with Gasteiger partial charge in [0.1, 0.15) is 0 Å². The van der Waals surface area contributed by atoms with Gasteiger partial charge < -0.3 is 9.64 Å². The van der Waals surface area contributed by atoms with E-state index in [2.05, 4.69) is 33.2 Å². The first kappa shape index (κ1) is 24.4. The van der Waals surface area contributed by atoms with Crippen molar-refractivity contribution >= 4 is 27.8 Å². The molecule has 6 nitrogen and oxygen atoms in total. The zero-order valence-electron chi connectivity index (χ0n) is 19.6. The number of aromatic nitrogens is 2. The SMILES string of the molecule is CCOC(=O)c1cc(-c2ccc(Br)cc2)n(-c2ccc(C(=O)N(C)CCc3ccccc3)cc2)n1. The van der Waals surface area contributed by atoms with Crippen LogP contribution in [0.3, 0.4) is 0 Å². The molecule has 4 aromatic rings. The van der Waals surface area contributed by atoms with E-state index in [1.54, 1.807) is 34.7 Å². The van der Waals surface area contributed by atoms with Crippen molar-refractivity contribution in [3.63, 3.8) is 0 Å². The number of nitrogens with zero attached hydrogens (tertiary/aromatic N) is 3. The minimum atomic E-state index is -0.476. The maximum atomic E-state index is 12.9. The smallest absolute Gasteiger partial charge is 0.358 e. The summed E-state index contributed by atoms with van der Waals surface area (Å²) in [5, 5.41) is 4.51. The van der Waals surface area contributed by atoms with E-state index in [0.29, 0.717) is 12.1 Å². The molecule has 178 valence electrons. The Bertz CT molecular complexity index is 1300. The summed E-state index contributed by atoms with van der Waals surface area (Å²) in [4.78, 5) is 27.0. The zero-order valence-corrected chi connectivity index (χ0v) is 21.2. The molecule has 0 atom stereocenters. The minimum Gasteiger partial charge on any atom is -0.461 e. The summed E-state index contributed by atoms with van der Waals surface area (Å²) in [6.45, 7) is 2.66. The Labute approximate surface area is 213 Å². The average Bonchev–Trinajstić information content (AvgIpc) is 3.34. The Morgan fingerprint density at radius 2 is 1.66 bits per heavy atom. The highest BCUT2D eigenvalue weighted by atomic mass is 79.9. The molecule has 0 radical (unpaired) electrons. The number of hydrogen-bond donors (Lipinski definition) is 0. The zero-order chi connectivity index (χ0) is 24.8. The minimum absolute atomic E-state index is 0.0479. The lowest BCUT2D eigenvalue weighted by Crippen LogP contribution is -2.28. The molecule has 0 saturated carbocycles. The van der Waals surface area contributed by atoms with Gasteiger partial charge in [-0.15, -0.1) is 0 Å². The summed E-state index contributed by atoms with van der Waals surface area (Å²) in [6.07, 6.45) is 0.793. The van der Waals surface area contributed by atoms with E-state index in [9.17, 15) is 9.59 Å². The van der Waals surface area contributed by atoms with Gasteiger partial charge in [0.05, 0.1) is 18.0 Å². The number of carbonyl (C=O) groups is 2. The number of carbonyl (C=O) groups excluding carboxylic acids is 2. The number of likely N-dealkylation sites (N-methyl/N-ethyl adjacent to an activating group) is 1. The first-order valence-corrected chi connectivity index (χ1v) is 12.2. The summed E-state index contributed by atoms with van der Waals surface area (Å²) >= 11 is 3.46. The van der Waals surface area contributed by atoms with Crippen LogP contribution in [0.4, 0.5) is 0 Å². The van der Waals surface area contributed by atoms with Crippen LogP contribution < -0.4 is 0 Å². The molecule has 0 aliphatic carbocycles. The molecule has 0 fully saturated rings. The highest BCUT2D eigenvalue weighted by Crippen LogP contribution is 2.26. The number of benzene rings is 3. The summed E-state index contributed by atoms with van der Waals surface area (Å²) in [7, 11) is 1.81. The Balaban J connectivity index is 1.57. The standard InChI is InChI=1S/C28H26BrN3O3/c1-3-35-28(34)25-19-26(21-9-13-23(29)14-10-21)32(30-25)24-15-11-22(12-16-24)27(33)31(2)18-17-20-7-5-4-6-8-20/h4-16,19H,3,17-18H2,1-2H3. The van der Waals surface area contributed by atoms with Crippen LogP contribution in [0.15, 0.2) is 89.4 Å². The molecule has 0 bridgehead atoms. The van der Waals surface area contributed by atoms with Gasteiger partial charge in [-0.2, -0.15) is 5.10 Å². The van der Waals surface area contributed by atoms with Crippen molar-refractivity contribution in [1.29, 1.82) is 0 Å². The maximum Gasteiger partial charge on any atom is 0.358 e. The highest BCUT2D eigenvalue weighted by molar-refractivity contribution is 9.10. The van der Waals surface area contributed by atoms with Gasteiger partial charge >= 0.3 is 5.97 Å². The van der Waals surface area contributed by atoms with E-state index in [1.165, 1.54) is 5.56 Å². The lowest BCUT2D eigenvalue weighted by molar-refractivity contribution is 0.0518. The number of ether oxygens (including phenoxy) is 1. The third-order valence-electron chi connectivity index (χ3n) is 5.62. The van der Waals surface area contributed by atoms with Crippen molar-refractivity contribution in [3.05, 3.63) is 106 Å². The number of halogens is 1. The summed E-state index contributed by atoms with van der Waals surface area (Å²) < 4.78 is 7.80. The molecule has 4 rings (SSSR count). The van der Waals surface area contributed by atoms with Gasteiger partial charge in [0.2, 0.25) is 0 Å². The van der Waals surface area contributed by atoms with Gasteiger partial charge in [0.15, 0.2) is 5.69 Å². The molecule has 0 spiro atoms. The second-order valence-electron chi connectivity index (χ2n) is 8.06. The van der Waals surface area contributed by atoms with Crippen LogP contribution in [0.25, 0.3) is 16.9 Å². The predicted octanol–water partition coefficient (Wildman–Crippen LogP) is 5.79. The third kappa shape index (κ3) is 5.87. The van der Waals surface area contributed by atoms with Crippen LogP contribution in [0.2, 0.25) is 0 Å². The normalized spacial score (nSPS) is 10.7. The number of hydrogen-bond acceptors (Lipinski definition) is 4. The van der Waals surface area contributed by atoms with E-state index >= 15 is 0 Å². The van der Waals surface area contributed by atoms with E-state index in [1.807, 2.05) is 61.6 Å². The Morgan fingerprint density at radius 3 is 2.31 bits per heavy atom. The van der Waals surface area contributed by atoms with Crippen molar-refractivity contribution in [3.8, 4) is 16.9 Å². The van der Waals surface area contributed by atoms with Crippen LogP contribution in [-0.4, -0.2) is 46.8 Å². The number of esters is 1. The first-order chi connectivity index (χ1) is 17.0. The molecule has 1 heterocycles. The lowest BCUT2D eigenvalue weighted by Gasteiger charge is -2.17. The van der Waals surface area contributed by atoms with Crippen LogP contribution in [0.5, 0.6) is 0 Å². The molecule has 0 saturated heterocycles. The summed E-state index contributed by atoms with van der Waals surface area (Å²) in [5.74, 6) is -0.523. The van der Waals surface area contributed by atoms with Gasteiger partial charge in [0.25, 0.3) is 5.91 Å². The van der Waals surface area contributed by atoms with Crippen molar-refractivity contribution in [2.45, 2.75) is 13.3 Å². The van der Waals surface area contributed by atoms with Crippen LogP contribution >= 0.6 is 15.9 Å². The van der Waals surface area contributed by atoms with Gasteiger partial charge in [0, 0.05) is 29.2 Å². The molecule has 7 heteroatoms. The lowest BCUT2D eigenvalue weighted by atomic mass is 10.1. The van der Waals surface area contributed by atoms with Crippen LogP contribution in [-0.2, 0) is 11.2 Å². The van der Waals surface area contributed by atoms with E-state index in [4.69, 9.17) is 4.74 Å². The Kier molecular flexibility index (Phi) is 7.77. The molecule has 1 aromatic heterocycles. The monoisotopic (exact) mass is 531 g/mol. The molecular formula is C28H26BrN3O3. The molecule has 0 aliphatic rings. The highest BCUT2D eigenvalue weighted by Gasteiger charge is 2.18. The fourth-order valence-corrected chi connectivity index (χ4v) is 3.98. The van der Waals surface area contributed by atoms with Crippen LogP contribution in [0.1, 0.15) is 33.3 Å². The van der Waals surface area contributed by atoms with E-state index in [0.717, 1.165) is 27.8 Å². The molecular weight excluding hydrogens is 506 g/mol. The van der Waals surface area contributed by atoms with E-state index in [-0.39, 0.29) is 18.2 Å². The van der Waals surface area contributed by atoms with Crippen molar-refractivity contribution in [2.24, 2.45) is 0 Å². The molecule has 0 N–H and O–H groups in total. The van der Waals surface area contributed by atoms with Gasteiger partial charge in [-0.25, -0.2) is 9.48 Å². The topological polar surface area (TPSA) is 64.4 Å². The molecule has 3 aromatic carbocycles. The van der Waals surface area contributed by atoms with Crippen molar-refractivity contribution in [2.75, 3.05) is 20.2 Å². The van der Waals surface area contributed by atoms with Gasteiger partial charge in [-0.3, -0.25) is 4.79 Å². The van der Waals surface area contributed by atoms with E-state index < -0.39 is 5.97 Å². The van der Waals surface area contributed by atoms with Gasteiger partial charge in [-0.1, -0.05) is 58.4 Å². The van der Waals surface area contributed by atoms with Crippen molar-refractivity contribution < 1.29 is 14.3 Å². The van der Waals surface area contributed by atoms with Crippen LogP contribution in [0, 0.1) is 0 Å². The quantitative estimate of drug-likeness (QED) is 0.270. The average molecular weight is 532 g/mol. The third-order valence-corrected chi connectivity index (χ3v) is 6.15. The predicted molar refractivity (Wildman–Crippen MR) is 140 cm³/mol. The fourth-order valence-electron chi connectivity index (χ4n) is 3.72. The second kappa shape index (κ2) is 11.1. The van der Waals surface area contributed by atoms with Gasteiger partial charge in [-0.05, 0) is 61.4 Å². The molecule has 1 amide bonds. The summed E-state index contributed by atoms with van der Waals surface area (Å²) in [6, 6.07) is 26.8. The molecule has 0 aliphatic heterocycles. The summed E-state index contributed by atoms with van der Waals surface area (Å²) in [5.41, 5.74) is 4.40. The largest absolute Gasteiger partial charge is 0.461 e. The molecule has 0 unspecified atom stereocenters.